The summed E-state index contributed by atoms with van der Waals surface area (Å²) in [6.07, 6.45) is 1.53. The minimum Gasteiger partial charge on any atom is -0.457 e. The number of fused-ring (bicyclic) bond motifs is 1. The van der Waals surface area contributed by atoms with Crippen molar-refractivity contribution in [2.75, 3.05) is 5.32 Å². The molecule has 0 aliphatic heterocycles. The van der Waals surface area contributed by atoms with E-state index >= 15 is 0 Å². The lowest BCUT2D eigenvalue weighted by atomic mass is 10.2. The van der Waals surface area contributed by atoms with Gasteiger partial charge in [0.25, 0.3) is 0 Å². The Hall–Kier alpha value is -3.38. The van der Waals surface area contributed by atoms with Gasteiger partial charge >= 0.3 is 0 Å². The van der Waals surface area contributed by atoms with E-state index in [2.05, 4.69) is 15.3 Å². The number of carbonyl (C=O) groups is 1. The van der Waals surface area contributed by atoms with Crippen molar-refractivity contribution in [2.45, 2.75) is 17.2 Å². The van der Waals surface area contributed by atoms with Gasteiger partial charge < -0.3 is 10.1 Å². The van der Waals surface area contributed by atoms with Crippen LogP contribution in [0.25, 0.3) is 10.9 Å². The second-order valence-corrected chi connectivity index (χ2v) is 7.71. The predicted molar refractivity (Wildman–Crippen MR) is 116 cm³/mol. The smallest absolute Gasteiger partial charge is 0.237 e. The van der Waals surface area contributed by atoms with Crippen molar-refractivity contribution >= 4 is 34.3 Å². The maximum atomic E-state index is 12.6. The van der Waals surface area contributed by atoms with E-state index in [-0.39, 0.29) is 11.2 Å². The average Bonchev–Trinajstić information content (AvgIpc) is 2.76. The molecule has 29 heavy (non-hydrogen) atoms. The van der Waals surface area contributed by atoms with Gasteiger partial charge in [0.05, 0.1) is 10.8 Å². The van der Waals surface area contributed by atoms with E-state index in [1.807, 2.05) is 85.8 Å². The SMILES string of the molecule is CC(Sc1ncnc2ccccc12)C(=O)Nc1ccc(Oc2ccccc2)cc1. The Kier molecular flexibility index (Phi) is 5.72. The molecule has 1 heterocycles. The third kappa shape index (κ3) is 4.73. The van der Waals surface area contributed by atoms with Crippen molar-refractivity contribution in [3.05, 3.63) is 85.2 Å². The number of anilines is 1. The first kappa shape index (κ1) is 19.0. The first-order chi connectivity index (χ1) is 14.2. The van der Waals surface area contributed by atoms with E-state index in [9.17, 15) is 4.79 Å². The average molecular weight is 401 g/mol. The number of amides is 1. The zero-order chi connectivity index (χ0) is 20.1. The molecule has 0 aliphatic carbocycles. The molecule has 0 fully saturated rings. The zero-order valence-electron chi connectivity index (χ0n) is 15.8. The number of hydrogen-bond acceptors (Lipinski definition) is 5. The minimum atomic E-state index is -0.312. The highest BCUT2D eigenvalue weighted by molar-refractivity contribution is 8.00. The molecule has 0 saturated heterocycles. The Morgan fingerprint density at radius 3 is 2.38 bits per heavy atom. The fourth-order valence-corrected chi connectivity index (χ4v) is 3.68. The number of aromatic nitrogens is 2. The third-order valence-corrected chi connectivity index (χ3v) is 5.38. The summed E-state index contributed by atoms with van der Waals surface area (Å²) in [4.78, 5) is 21.2. The Bertz CT molecular complexity index is 1110. The summed E-state index contributed by atoms with van der Waals surface area (Å²) < 4.78 is 5.77. The maximum Gasteiger partial charge on any atom is 0.237 e. The standard InChI is InChI=1S/C23H19N3O2S/c1-16(29-23-20-9-5-6-10-21(20)24-15-25-23)22(27)26-17-11-13-19(14-12-17)28-18-7-3-2-4-8-18/h2-16H,1H3,(H,26,27). The van der Waals surface area contributed by atoms with Crippen LogP contribution in [0.15, 0.2) is 90.2 Å². The van der Waals surface area contributed by atoms with Crippen molar-refractivity contribution < 1.29 is 9.53 Å². The van der Waals surface area contributed by atoms with E-state index in [0.29, 0.717) is 5.75 Å². The monoisotopic (exact) mass is 401 g/mol. The van der Waals surface area contributed by atoms with Crippen LogP contribution in [0.1, 0.15) is 6.92 Å². The van der Waals surface area contributed by atoms with Gasteiger partial charge in [-0.05, 0) is 49.4 Å². The van der Waals surface area contributed by atoms with Gasteiger partial charge in [0.1, 0.15) is 22.9 Å². The summed E-state index contributed by atoms with van der Waals surface area (Å²) in [6.45, 7) is 1.86. The normalized spacial score (nSPS) is 11.8. The molecule has 144 valence electrons. The van der Waals surface area contributed by atoms with E-state index in [0.717, 1.165) is 27.4 Å². The van der Waals surface area contributed by atoms with Crippen LogP contribution < -0.4 is 10.1 Å². The van der Waals surface area contributed by atoms with Crippen LogP contribution in [0.5, 0.6) is 11.5 Å². The highest BCUT2D eigenvalue weighted by Gasteiger charge is 2.17. The summed E-state index contributed by atoms with van der Waals surface area (Å²) in [5.41, 5.74) is 1.59. The largest absolute Gasteiger partial charge is 0.457 e. The van der Waals surface area contributed by atoms with E-state index < -0.39 is 0 Å². The summed E-state index contributed by atoms with van der Waals surface area (Å²) >= 11 is 1.42. The van der Waals surface area contributed by atoms with Gasteiger partial charge in [0, 0.05) is 11.1 Å². The Labute approximate surface area is 173 Å². The van der Waals surface area contributed by atoms with Crippen molar-refractivity contribution in [3.63, 3.8) is 0 Å². The van der Waals surface area contributed by atoms with Crippen LogP contribution >= 0.6 is 11.8 Å². The van der Waals surface area contributed by atoms with Gasteiger partial charge in [0.15, 0.2) is 0 Å². The van der Waals surface area contributed by atoms with E-state index in [1.54, 1.807) is 0 Å². The number of rotatable bonds is 6. The van der Waals surface area contributed by atoms with Crippen LogP contribution in [0.3, 0.4) is 0 Å². The number of hydrogen-bond donors (Lipinski definition) is 1. The van der Waals surface area contributed by atoms with Crippen LogP contribution in [0.4, 0.5) is 5.69 Å². The molecule has 0 bridgehead atoms. The summed E-state index contributed by atoms with van der Waals surface area (Å²) in [6, 6.07) is 24.7. The molecule has 0 spiro atoms. The van der Waals surface area contributed by atoms with Crippen molar-refractivity contribution in [2.24, 2.45) is 0 Å². The number of thioether (sulfide) groups is 1. The Morgan fingerprint density at radius 2 is 1.59 bits per heavy atom. The van der Waals surface area contributed by atoms with Gasteiger partial charge in [-0.2, -0.15) is 0 Å². The number of nitrogens with one attached hydrogen (secondary N) is 1. The molecule has 1 amide bonds. The molecule has 3 aromatic carbocycles. The Morgan fingerprint density at radius 1 is 0.897 bits per heavy atom. The van der Waals surface area contributed by atoms with Gasteiger partial charge in [-0.25, -0.2) is 9.97 Å². The molecule has 1 atom stereocenters. The van der Waals surface area contributed by atoms with Crippen LogP contribution in [-0.4, -0.2) is 21.1 Å². The van der Waals surface area contributed by atoms with Gasteiger partial charge in [-0.1, -0.05) is 48.2 Å². The number of nitrogens with zero attached hydrogens (tertiary/aromatic N) is 2. The molecule has 4 aromatic rings. The van der Waals surface area contributed by atoms with Crippen molar-refractivity contribution in [1.29, 1.82) is 0 Å². The molecular formula is C23H19N3O2S. The number of para-hydroxylation sites is 2. The van der Waals surface area contributed by atoms with E-state index in [1.165, 1.54) is 18.1 Å². The van der Waals surface area contributed by atoms with E-state index in [4.69, 9.17) is 4.74 Å². The molecule has 1 unspecified atom stereocenters. The Balaban J connectivity index is 1.39. The minimum absolute atomic E-state index is 0.0885. The molecule has 0 saturated carbocycles. The lowest BCUT2D eigenvalue weighted by Gasteiger charge is -2.13. The lowest BCUT2D eigenvalue weighted by molar-refractivity contribution is -0.115. The fourth-order valence-electron chi connectivity index (χ4n) is 2.77. The molecule has 1 N–H and O–H groups in total. The van der Waals surface area contributed by atoms with Crippen LogP contribution in [-0.2, 0) is 4.79 Å². The molecular weight excluding hydrogens is 382 g/mol. The molecule has 0 radical (unpaired) electrons. The second-order valence-electron chi connectivity index (χ2n) is 6.38. The molecule has 5 nitrogen and oxygen atoms in total. The first-order valence-corrected chi connectivity index (χ1v) is 10.1. The van der Waals surface area contributed by atoms with Crippen LogP contribution in [0.2, 0.25) is 0 Å². The zero-order valence-corrected chi connectivity index (χ0v) is 16.6. The quantitative estimate of drug-likeness (QED) is 0.339. The summed E-state index contributed by atoms with van der Waals surface area (Å²) in [7, 11) is 0. The third-order valence-electron chi connectivity index (χ3n) is 4.26. The maximum absolute atomic E-state index is 12.6. The number of carbonyl (C=O) groups excluding carboxylic acids is 1. The number of ether oxygens (including phenoxy) is 1. The molecule has 4 rings (SSSR count). The van der Waals surface area contributed by atoms with Crippen molar-refractivity contribution in [1.82, 2.24) is 9.97 Å². The second kappa shape index (κ2) is 8.75. The molecule has 6 heteroatoms. The lowest BCUT2D eigenvalue weighted by Crippen LogP contribution is -2.22. The highest BCUT2D eigenvalue weighted by Crippen LogP contribution is 2.29. The first-order valence-electron chi connectivity index (χ1n) is 9.19. The molecule has 1 aromatic heterocycles. The predicted octanol–water partition coefficient (Wildman–Crippen LogP) is 5.54. The van der Waals surface area contributed by atoms with Gasteiger partial charge in [-0.3, -0.25) is 4.79 Å². The van der Waals surface area contributed by atoms with Crippen LogP contribution in [0, 0.1) is 0 Å². The van der Waals surface area contributed by atoms with Gasteiger partial charge in [-0.15, -0.1) is 0 Å². The number of benzene rings is 3. The van der Waals surface area contributed by atoms with Crippen molar-refractivity contribution in [3.8, 4) is 11.5 Å². The summed E-state index contributed by atoms with van der Waals surface area (Å²) in [5, 5.41) is 4.37. The highest BCUT2D eigenvalue weighted by atomic mass is 32.2. The topological polar surface area (TPSA) is 64.1 Å². The fraction of sp³-hybridized carbons (Fsp3) is 0.0870. The summed E-state index contributed by atoms with van der Waals surface area (Å²) in [5.74, 6) is 1.39. The molecule has 0 aliphatic rings. The van der Waals surface area contributed by atoms with Gasteiger partial charge in [0.2, 0.25) is 5.91 Å².